The SMILES string of the molecule is CCOC(=O)N1CCC(NC(=O)Cc2c(Sc3cccc(F)c3)[nH]c3ccccc23)CC1. The minimum absolute atomic E-state index is 0.0257. The maximum absolute atomic E-state index is 13.6. The second kappa shape index (κ2) is 10.1. The fourth-order valence-electron chi connectivity index (χ4n) is 3.95. The molecule has 6 nitrogen and oxygen atoms in total. The van der Waals surface area contributed by atoms with Gasteiger partial charge in [-0.2, -0.15) is 0 Å². The lowest BCUT2D eigenvalue weighted by Crippen LogP contribution is -2.47. The number of rotatable bonds is 6. The number of H-pyrrole nitrogens is 1. The fourth-order valence-corrected chi connectivity index (χ4v) is 4.97. The van der Waals surface area contributed by atoms with Gasteiger partial charge in [0.05, 0.1) is 18.1 Å². The lowest BCUT2D eigenvalue weighted by molar-refractivity contribution is -0.121. The third kappa shape index (κ3) is 5.24. The number of fused-ring (bicyclic) bond motifs is 1. The molecule has 0 saturated carbocycles. The van der Waals surface area contributed by atoms with Gasteiger partial charge < -0.3 is 19.9 Å². The second-order valence-electron chi connectivity index (χ2n) is 7.74. The van der Waals surface area contributed by atoms with Crippen LogP contribution in [0.15, 0.2) is 58.5 Å². The van der Waals surface area contributed by atoms with E-state index in [1.807, 2.05) is 30.3 Å². The van der Waals surface area contributed by atoms with Crippen molar-refractivity contribution >= 4 is 34.7 Å². The Morgan fingerprint density at radius 2 is 1.97 bits per heavy atom. The first-order chi connectivity index (χ1) is 15.5. The average Bonchev–Trinajstić information content (AvgIpc) is 3.11. The van der Waals surface area contributed by atoms with E-state index in [0.717, 1.165) is 26.4 Å². The lowest BCUT2D eigenvalue weighted by atomic mass is 10.0. The molecule has 3 aromatic rings. The predicted octanol–water partition coefficient (Wildman–Crippen LogP) is 4.74. The summed E-state index contributed by atoms with van der Waals surface area (Å²) < 4.78 is 18.7. The van der Waals surface area contributed by atoms with Crippen molar-refractivity contribution in [3.8, 4) is 0 Å². The molecule has 2 aromatic carbocycles. The summed E-state index contributed by atoms with van der Waals surface area (Å²) >= 11 is 1.42. The number of amides is 2. The summed E-state index contributed by atoms with van der Waals surface area (Å²) in [7, 11) is 0. The summed E-state index contributed by atoms with van der Waals surface area (Å²) in [6.45, 7) is 3.28. The molecule has 1 aromatic heterocycles. The molecule has 8 heteroatoms. The van der Waals surface area contributed by atoms with E-state index in [1.54, 1.807) is 17.9 Å². The van der Waals surface area contributed by atoms with Gasteiger partial charge >= 0.3 is 6.09 Å². The highest BCUT2D eigenvalue weighted by molar-refractivity contribution is 7.99. The van der Waals surface area contributed by atoms with Crippen molar-refractivity contribution in [2.75, 3.05) is 19.7 Å². The zero-order valence-corrected chi connectivity index (χ0v) is 18.7. The number of piperidine rings is 1. The van der Waals surface area contributed by atoms with Gasteiger partial charge in [-0.15, -0.1) is 0 Å². The maximum atomic E-state index is 13.6. The van der Waals surface area contributed by atoms with E-state index >= 15 is 0 Å². The summed E-state index contributed by atoms with van der Waals surface area (Å²) in [6, 6.07) is 14.3. The molecule has 1 fully saturated rings. The predicted molar refractivity (Wildman–Crippen MR) is 122 cm³/mol. The molecule has 2 heterocycles. The molecule has 1 aliphatic rings. The third-order valence-corrected chi connectivity index (χ3v) is 6.56. The number of nitrogens with one attached hydrogen (secondary N) is 2. The monoisotopic (exact) mass is 455 g/mol. The van der Waals surface area contributed by atoms with E-state index in [0.29, 0.717) is 32.5 Å². The van der Waals surface area contributed by atoms with Crippen LogP contribution >= 0.6 is 11.8 Å². The molecule has 0 radical (unpaired) electrons. The van der Waals surface area contributed by atoms with E-state index < -0.39 is 0 Å². The molecule has 2 N–H and O–H groups in total. The van der Waals surface area contributed by atoms with Crippen molar-refractivity contribution in [1.29, 1.82) is 0 Å². The van der Waals surface area contributed by atoms with E-state index in [-0.39, 0.29) is 30.3 Å². The number of hydrogen-bond acceptors (Lipinski definition) is 4. The van der Waals surface area contributed by atoms with Crippen LogP contribution in [0.25, 0.3) is 10.9 Å². The molecule has 2 amide bonds. The Morgan fingerprint density at radius 3 is 2.72 bits per heavy atom. The van der Waals surface area contributed by atoms with Gasteiger partial charge in [0.15, 0.2) is 0 Å². The molecular formula is C24H26FN3O3S. The van der Waals surface area contributed by atoms with Gasteiger partial charge in [-0.3, -0.25) is 4.79 Å². The summed E-state index contributed by atoms with van der Waals surface area (Å²) in [5.41, 5.74) is 1.84. The minimum atomic E-state index is -0.296. The maximum Gasteiger partial charge on any atom is 0.409 e. The number of ether oxygens (including phenoxy) is 1. The Labute approximate surface area is 190 Å². The normalized spacial score (nSPS) is 14.5. The van der Waals surface area contributed by atoms with Crippen LogP contribution in [-0.4, -0.2) is 47.6 Å². The first kappa shape index (κ1) is 22.2. The number of likely N-dealkylation sites (tertiary alicyclic amines) is 1. The number of benzene rings is 2. The van der Waals surface area contributed by atoms with Crippen LogP contribution < -0.4 is 5.32 Å². The van der Waals surface area contributed by atoms with E-state index in [9.17, 15) is 14.0 Å². The molecule has 168 valence electrons. The lowest BCUT2D eigenvalue weighted by Gasteiger charge is -2.31. The minimum Gasteiger partial charge on any atom is -0.450 e. The first-order valence-electron chi connectivity index (χ1n) is 10.8. The number of carbonyl (C=O) groups is 2. The fraction of sp³-hybridized carbons (Fsp3) is 0.333. The Bertz CT molecular complexity index is 1110. The highest BCUT2D eigenvalue weighted by Crippen LogP contribution is 2.35. The van der Waals surface area contributed by atoms with Crippen LogP contribution in [0.3, 0.4) is 0 Å². The Balaban J connectivity index is 1.44. The van der Waals surface area contributed by atoms with Gasteiger partial charge in [0, 0.05) is 40.5 Å². The molecule has 1 saturated heterocycles. The zero-order valence-electron chi connectivity index (χ0n) is 17.9. The van der Waals surface area contributed by atoms with E-state index in [2.05, 4.69) is 10.3 Å². The summed E-state index contributed by atoms with van der Waals surface area (Å²) in [5, 5.41) is 4.93. The van der Waals surface area contributed by atoms with Gasteiger partial charge in [-0.05, 0) is 44.0 Å². The summed E-state index contributed by atoms with van der Waals surface area (Å²) in [6.07, 6.45) is 1.32. The molecule has 4 rings (SSSR count). The molecule has 0 unspecified atom stereocenters. The molecule has 0 spiro atoms. The van der Waals surface area contributed by atoms with Crippen molar-refractivity contribution in [1.82, 2.24) is 15.2 Å². The van der Waals surface area contributed by atoms with Crippen LogP contribution in [0.4, 0.5) is 9.18 Å². The Kier molecular flexibility index (Phi) is 6.99. The first-order valence-corrected chi connectivity index (χ1v) is 11.6. The highest BCUT2D eigenvalue weighted by Gasteiger charge is 2.25. The Morgan fingerprint density at radius 1 is 1.19 bits per heavy atom. The van der Waals surface area contributed by atoms with Crippen molar-refractivity contribution in [3.05, 3.63) is 59.9 Å². The topological polar surface area (TPSA) is 74.4 Å². The summed E-state index contributed by atoms with van der Waals surface area (Å²) in [5.74, 6) is -0.356. The standard InChI is InChI=1S/C24H26FN3O3S/c1-2-31-24(30)28-12-10-17(11-13-28)26-22(29)15-20-19-8-3-4-9-21(19)27-23(20)32-18-7-5-6-16(25)14-18/h3-9,14,17,27H,2,10-13,15H2,1H3,(H,26,29). The number of para-hydroxylation sites is 1. The van der Waals surface area contributed by atoms with Gasteiger partial charge in [0.2, 0.25) is 5.91 Å². The van der Waals surface area contributed by atoms with Crippen LogP contribution in [0.1, 0.15) is 25.3 Å². The quantitative estimate of drug-likeness (QED) is 0.563. The third-order valence-electron chi connectivity index (χ3n) is 5.51. The molecule has 0 aliphatic carbocycles. The van der Waals surface area contributed by atoms with Crippen LogP contribution in [0.5, 0.6) is 0 Å². The molecule has 32 heavy (non-hydrogen) atoms. The zero-order chi connectivity index (χ0) is 22.5. The van der Waals surface area contributed by atoms with Crippen molar-refractivity contribution in [3.63, 3.8) is 0 Å². The van der Waals surface area contributed by atoms with Crippen LogP contribution in [-0.2, 0) is 16.0 Å². The smallest absolute Gasteiger partial charge is 0.409 e. The number of nitrogens with zero attached hydrogens (tertiary/aromatic N) is 1. The number of aromatic nitrogens is 1. The van der Waals surface area contributed by atoms with Crippen LogP contribution in [0.2, 0.25) is 0 Å². The number of aromatic amines is 1. The number of hydrogen-bond donors (Lipinski definition) is 2. The molecule has 1 aliphatic heterocycles. The highest BCUT2D eigenvalue weighted by atomic mass is 32.2. The Hall–Kier alpha value is -3.00. The molecule has 0 atom stereocenters. The van der Waals surface area contributed by atoms with Gasteiger partial charge in [-0.1, -0.05) is 36.0 Å². The van der Waals surface area contributed by atoms with Crippen molar-refractivity contribution in [2.24, 2.45) is 0 Å². The second-order valence-corrected chi connectivity index (χ2v) is 8.83. The van der Waals surface area contributed by atoms with Crippen molar-refractivity contribution in [2.45, 2.75) is 42.1 Å². The number of carbonyl (C=O) groups excluding carboxylic acids is 2. The molecule has 0 bridgehead atoms. The van der Waals surface area contributed by atoms with Gasteiger partial charge in [0.25, 0.3) is 0 Å². The molecular weight excluding hydrogens is 429 g/mol. The van der Waals surface area contributed by atoms with Crippen molar-refractivity contribution < 1.29 is 18.7 Å². The van der Waals surface area contributed by atoms with Gasteiger partial charge in [0.1, 0.15) is 5.82 Å². The largest absolute Gasteiger partial charge is 0.450 e. The average molecular weight is 456 g/mol. The number of halogens is 1. The van der Waals surface area contributed by atoms with Gasteiger partial charge in [-0.25, -0.2) is 9.18 Å². The van der Waals surface area contributed by atoms with E-state index in [1.165, 1.54) is 23.9 Å². The van der Waals surface area contributed by atoms with Crippen LogP contribution in [0, 0.1) is 5.82 Å². The van der Waals surface area contributed by atoms with E-state index in [4.69, 9.17) is 4.74 Å². The summed E-state index contributed by atoms with van der Waals surface area (Å²) in [4.78, 5) is 30.6.